The summed E-state index contributed by atoms with van der Waals surface area (Å²) in [6.07, 6.45) is 6.50. The molecule has 2 aromatic carbocycles. The molecule has 6 nitrogen and oxygen atoms in total. The molecular formula is C28H34O6Si. The van der Waals surface area contributed by atoms with Crippen LogP contribution in [-0.2, 0) is 31.2 Å². The molecule has 1 spiro atoms. The molecule has 0 atom stereocenters. The van der Waals surface area contributed by atoms with E-state index in [9.17, 15) is 4.79 Å². The predicted molar refractivity (Wildman–Crippen MR) is 139 cm³/mol. The first kappa shape index (κ1) is 24.1. The molecule has 1 aliphatic carbocycles. The quantitative estimate of drug-likeness (QED) is 0.231. The lowest BCUT2D eigenvalue weighted by molar-refractivity contribution is -0.163. The molecule has 1 saturated heterocycles. The zero-order chi connectivity index (χ0) is 25.2. The number of methoxy groups -OCH3 is 1. The summed E-state index contributed by atoms with van der Waals surface area (Å²) >= 11 is 0. The van der Waals surface area contributed by atoms with Gasteiger partial charge in [-0.3, -0.25) is 0 Å². The minimum atomic E-state index is -2.22. The summed E-state index contributed by atoms with van der Waals surface area (Å²) in [6, 6.07) is 4.30. The molecule has 186 valence electrons. The third-order valence-corrected chi connectivity index (χ3v) is 12.3. The topological polar surface area (TPSA) is 67.1 Å². The molecule has 1 aromatic heterocycles. The van der Waals surface area contributed by atoms with E-state index in [0.29, 0.717) is 18.8 Å². The van der Waals surface area contributed by atoms with Crippen molar-refractivity contribution in [3.63, 3.8) is 0 Å². The summed E-state index contributed by atoms with van der Waals surface area (Å²) in [7, 11) is -0.848. The molecular weight excluding hydrogens is 460 g/mol. The third kappa shape index (κ3) is 3.72. The van der Waals surface area contributed by atoms with Gasteiger partial charge in [0.05, 0.1) is 26.6 Å². The number of aryl methyl sites for hydroxylation is 2. The number of fused-ring (bicyclic) bond motifs is 5. The highest BCUT2D eigenvalue weighted by Crippen LogP contribution is 2.52. The van der Waals surface area contributed by atoms with E-state index in [1.165, 1.54) is 18.7 Å². The number of rotatable bonds is 4. The van der Waals surface area contributed by atoms with E-state index in [-0.39, 0.29) is 5.04 Å². The first-order chi connectivity index (χ1) is 16.5. The van der Waals surface area contributed by atoms with E-state index in [1.807, 2.05) is 0 Å². The molecule has 0 amide bonds. The average Bonchev–Trinajstić information content (AvgIpc) is 3.54. The van der Waals surface area contributed by atoms with Gasteiger partial charge in [0.15, 0.2) is 17.1 Å². The van der Waals surface area contributed by atoms with Crippen LogP contribution in [0.4, 0.5) is 0 Å². The van der Waals surface area contributed by atoms with Crippen molar-refractivity contribution in [1.82, 2.24) is 0 Å². The minimum absolute atomic E-state index is 0.00753. The molecule has 1 fully saturated rings. The molecule has 2 aliphatic rings. The summed E-state index contributed by atoms with van der Waals surface area (Å²) in [5, 5.41) is 3.17. The number of hydrogen-bond donors (Lipinski definition) is 0. The van der Waals surface area contributed by atoms with Gasteiger partial charge in [0.1, 0.15) is 0 Å². The Kier molecular flexibility index (Phi) is 5.66. The summed E-state index contributed by atoms with van der Waals surface area (Å²) < 4.78 is 30.3. The highest BCUT2D eigenvalue weighted by Gasteiger charge is 2.46. The van der Waals surface area contributed by atoms with Crippen LogP contribution in [0, 0.1) is 6.92 Å². The number of ether oxygens (including phenoxy) is 3. The summed E-state index contributed by atoms with van der Waals surface area (Å²) in [5.74, 6) is -0.273. The molecule has 7 heteroatoms. The van der Waals surface area contributed by atoms with Crippen molar-refractivity contribution >= 4 is 42.1 Å². The van der Waals surface area contributed by atoms with Crippen LogP contribution in [0.1, 0.15) is 49.4 Å². The van der Waals surface area contributed by atoms with Crippen LogP contribution in [0.5, 0.6) is 5.75 Å². The summed E-state index contributed by atoms with van der Waals surface area (Å²) in [5.41, 5.74) is 4.94. The fraction of sp³-hybridized carbons (Fsp3) is 0.464. The number of benzene rings is 2. The Morgan fingerprint density at radius 2 is 1.86 bits per heavy atom. The Balaban J connectivity index is 1.82. The zero-order valence-corrected chi connectivity index (χ0v) is 22.7. The van der Waals surface area contributed by atoms with E-state index >= 15 is 0 Å². The van der Waals surface area contributed by atoms with Crippen LogP contribution >= 0.6 is 0 Å². The molecule has 0 saturated carbocycles. The van der Waals surface area contributed by atoms with Crippen LogP contribution in [0.3, 0.4) is 0 Å². The fourth-order valence-corrected chi connectivity index (χ4v) is 6.05. The Morgan fingerprint density at radius 3 is 2.51 bits per heavy atom. The van der Waals surface area contributed by atoms with Crippen LogP contribution < -0.4 is 4.43 Å². The lowest BCUT2D eigenvalue weighted by atomic mass is 9.93. The van der Waals surface area contributed by atoms with Crippen LogP contribution in [0.25, 0.3) is 27.8 Å². The lowest BCUT2D eigenvalue weighted by Crippen LogP contribution is -2.44. The van der Waals surface area contributed by atoms with Gasteiger partial charge in [-0.05, 0) is 54.1 Å². The van der Waals surface area contributed by atoms with Gasteiger partial charge in [-0.15, -0.1) is 0 Å². The lowest BCUT2D eigenvalue weighted by Gasteiger charge is -2.37. The second-order valence-corrected chi connectivity index (χ2v) is 15.8. The minimum Gasteiger partial charge on any atom is -0.541 e. The summed E-state index contributed by atoms with van der Waals surface area (Å²) in [4.78, 5) is 11.8. The monoisotopic (exact) mass is 494 g/mol. The largest absolute Gasteiger partial charge is 0.541 e. The molecule has 2 heterocycles. The van der Waals surface area contributed by atoms with Crippen molar-refractivity contribution < 1.29 is 27.8 Å². The molecule has 0 bridgehead atoms. The maximum Gasteiger partial charge on any atom is 0.330 e. The zero-order valence-electron chi connectivity index (χ0n) is 21.7. The average molecular weight is 495 g/mol. The van der Waals surface area contributed by atoms with Gasteiger partial charge in [-0.25, -0.2) is 4.79 Å². The van der Waals surface area contributed by atoms with Gasteiger partial charge < -0.3 is 23.1 Å². The standard InChI is InChI=1S/C28H34O6Si/c1-17-19-9-10-21-20(12-13-28(21)32-14-15-33-28)24(19)26(34-35(6,7)27(2,3)4)25-23(17)18(16-31-25)8-11-22(29)30-5/h8-11,16H,12-15H2,1-7H3/b11-8+. The van der Waals surface area contributed by atoms with Gasteiger partial charge >= 0.3 is 5.97 Å². The van der Waals surface area contributed by atoms with Gasteiger partial charge in [-0.1, -0.05) is 32.9 Å². The third-order valence-electron chi connectivity index (χ3n) is 7.98. The van der Waals surface area contributed by atoms with E-state index < -0.39 is 20.1 Å². The Morgan fingerprint density at radius 1 is 1.14 bits per heavy atom. The predicted octanol–water partition coefficient (Wildman–Crippen LogP) is 6.61. The van der Waals surface area contributed by atoms with Gasteiger partial charge in [-0.2, -0.15) is 0 Å². The Bertz CT molecular complexity index is 1350. The normalized spacial score (nSPS) is 17.7. The Labute approximate surface area is 207 Å². The maximum absolute atomic E-state index is 11.8. The van der Waals surface area contributed by atoms with Crippen LogP contribution in [-0.4, -0.2) is 34.6 Å². The van der Waals surface area contributed by atoms with Gasteiger partial charge in [0, 0.05) is 34.4 Å². The smallest absolute Gasteiger partial charge is 0.330 e. The number of furan rings is 1. The first-order valence-electron chi connectivity index (χ1n) is 12.2. The highest BCUT2D eigenvalue weighted by molar-refractivity contribution is 6.75. The molecule has 0 unspecified atom stereocenters. The Hall–Kier alpha value is -2.61. The number of carbonyl (C=O) groups is 1. The number of carbonyl (C=O) groups excluding carboxylic acids is 1. The molecule has 0 radical (unpaired) electrons. The van der Waals surface area contributed by atoms with Crippen molar-refractivity contribution in [2.24, 2.45) is 0 Å². The second kappa shape index (κ2) is 8.22. The van der Waals surface area contributed by atoms with E-state index in [0.717, 1.165) is 51.4 Å². The van der Waals surface area contributed by atoms with Crippen molar-refractivity contribution in [3.8, 4) is 5.75 Å². The maximum atomic E-state index is 11.8. The molecule has 5 rings (SSSR count). The van der Waals surface area contributed by atoms with E-state index in [1.54, 1.807) is 12.3 Å². The van der Waals surface area contributed by atoms with Crippen LogP contribution in [0.15, 0.2) is 28.9 Å². The van der Waals surface area contributed by atoms with E-state index in [4.69, 9.17) is 23.1 Å². The second-order valence-electron chi connectivity index (χ2n) is 11.0. The SMILES string of the molecule is COC(=O)/C=C/c1coc2c(O[Si](C)(C)C(C)(C)C)c3c4c(ccc3c(C)c12)C1(CC4)OCCO1. The molecule has 3 aromatic rings. The van der Waals surface area contributed by atoms with Crippen molar-refractivity contribution in [3.05, 3.63) is 46.7 Å². The molecule has 1 aliphatic heterocycles. The highest BCUT2D eigenvalue weighted by atomic mass is 28.4. The first-order valence-corrected chi connectivity index (χ1v) is 15.1. The molecule has 0 N–H and O–H groups in total. The molecule has 35 heavy (non-hydrogen) atoms. The summed E-state index contributed by atoms with van der Waals surface area (Å²) in [6.45, 7) is 14.5. The van der Waals surface area contributed by atoms with Gasteiger partial charge in [0.25, 0.3) is 8.32 Å². The fourth-order valence-electron chi connectivity index (χ4n) is 5.04. The van der Waals surface area contributed by atoms with Crippen molar-refractivity contribution in [2.75, 3.05) is 20.3 Å². The van der Waals surface area contributed by atoms with Crippen LogP contribution in [0.2, 0.25) is 18.1 Å². The van der Waals surface area contributed by atoms with Gasteiger partial charge in [0.2, 0.25) is 0 Å². The van der Waals surface area contributed by atoms with Crippen molar-refractivity contribution in [2.45, 2.75) is 64.5 Å². The van der Waals surface area contributed by atoms with E-state index in [2.05, 4.69) is 52.9 Å². The number of hydrogen-bond acceptors (Lipinski definition) is 6. The number of esters is 1. The van der Waals surface area contributed by atoms with Crippen molar-refractivity contribution in [1.29, 1.82) is 0 Å².